The van der Waals surface area contributed by atoms with Crippen molar-refractivity contribution >= 4 is 35.2 Å². The Morgan fingerprint density at radius 2 is 2.06 bits per heavy atom. The summed E-state index contributed by atoms with van der Waals surface area (Å²) in [7, 11) is 0. The van der Waals surface area contributed by atoms with Crippen LogP contribution in [0.15, 0.2) is 24.4 Å². The standard InChI is InChI=1S/C22H24Cl2N4O3/c1-22(2,3)31-21(30)28-8-4-5-15(28)12-27-11-14-7-6-13(9-16(14)19(27)29)18-17(23)10-25-20(24)26-18/h6-7,9-10,15H,4-5,8,11-12H2,1-3H3. The molecule has 7 nitrogen and oxygen atoms in total. The second kappa shape index (κ2) is 8.28. The number of ether oxygens (including phenoxy) is 1. The van der Waals surface area contributed by atoms with Crippen LogP contribution in [0.25, 0.3) is 11.3 Å². The van der Waals surface area contributed by atoms with Crippen LogP contribution in [0, 0.1) is 0 Å². The second-order valence-electron chi connectivity index (χ2n) is 8.86. The molecule has 0 spiro atoms. The molecule has 2 aliphatic rings. The number of rotatable bonds is 3. The molecule has 2 aromatic rings. The number of benzene rings is 1. The van der Waals surface area contributed by atoms with Gasteiger partial charge in [-0.25, -0.2) is 14.8 Å². The molecule has 1 unspecified atom stereocenters. The highest BCUT2D eigenvalue weighted by Gasteiger charge is 2.36. The van der Waals surface area contributed by atoms with Crippen LogP contribution < -0.4 is 0 Å². The Kier molecular flexibility index (Phi) is 5.83. The number of hydrogen-bond donors (Lipinski definition) is 0. The minimum atomic E-state index is -0.550. The molecule has 2 aliphatic heterocycles. The zero-order valence-corrected chi connectivity index (χ0v) is 19.2. The van der Waals surface area contributed by atoms with Gasteiger partial charge in [0.05, 0.1) is 23.0 Å². The molecule has 0 aliphatic carbocycles. The molecule has 164 valence electrons. The lowest BCUT2D eigenvalue weighted by molar-refractivity contribution is 0.0193. The molecular formula is C22H24Cl2N4O3. The highest BCUT2D eigenvalue weighted by Crippen LogP contribution is 2.32. The fraction of sp³-hybridized carbons (Fsp3) is 0.455. The van der Waals surface area contributed by atoms with Crippen LogP contribution in [0.4, 0.5) is 4.79 Å². The third-order valence-corrected chi connectivity index (χ3v) is 5.87. The van der Waals surface area contributed by atoms with Gasteiger partial charge >= 0.3 is 6.09 Å². The van der Waals surface area contributed by atoms with Gasteiger partial charge in [-0.3, -0.25) is 4.79 Å². The van der Waals surface area contributed by atoms with Crippen molar-refractivity contribution in [3.05, 3.63) is 45.8 Å². The van der Waals surface area contributed by atoms with Gasteiger partial charge in [0, 0.05) is 30.8 Å². The molecule has 1 saturated heterocycles. The van der Waals surface area contributed by atoms with Gasteiger partial charge in [0.15, 0.2) is 0 Å². The lowest BCUT2D eigenvalue weighted by atomic mass is 10.0. The van der Waals surface area contributed by atoms with Gasteiger partial charge in [-0.2, -0.15) is 0 Å². The van der Waals surface area contributed by atoms with Crippen molar-refractivity contribution in [3.63, 3.8) is 0 Å². The van der Waals surface area contributed by atoms with Gasteiger partial charge < -0.3 is 14.5 Å². The first-order valence-corrected chi connectivity index (χ1v) is 11.0. The Morgan fingerprint density at radius 3 is 2.81 bits per heavy atom. The van der Waals surface area contributed by atoms with E-state index in [9.17, 15) is 9.59 Å². The van der Waals surface area contributed by atoms with Crippen molar-refractivity contribution in [1.29, 1.82) is 0 Å². The third-order valence-electron chi connectivity index (χ3n) is 5.41. The molecule has 3 heterocycles. The highest BCUT2D eigenvalue weighted by atomic mass is 35.5. The molecule has 1 fully saturated rings. The molecular weight excluding hydrogens is 439 g/mol. The third kappa shape index (κ3) is 4.62. The van der Waals surface area contributed by atoms with E-state index in [1.807, 2.05) is 32.9 Å². The maximum atomic E-state index is 13.1. The Balaban J connectivity index is 1.51. The maximum Gasteiger partial charge on any atom is 0.410 e. The number of carbonyl (C=O) groups is 2. The average molecular weight is 463 g/mol. The normalized spacial score (nSPS) is 18.5. The van der Waals surface area contributed by atoms with Crippen LogP contribution in [0.3, 0.4) is 0 Å². The number of aromatic nitrogens is 2. The minimum absolute atomic E-state index is 0.0531. The van der Waals surface area contributed by atoms with E-state index in [1.165, 1.54) is 6.20 Å². The van der Waals surface area contributed by atoms with Gasteiger partial charge in [-0.05, 0) is 56.8 Å². The van der Waals surface area contributed by atoms with Crippen LogP contribution in [0.5, 0.6) is 0 Å². The number of fused-ring (bicyclic) bond motifs is 1. The number of hydrogen-bond acceptors (Lipinski definition) is 5. The van der Waals surface area contributed by atoms with Crippen LogP contribution in [-0.4, -0.2) is 56.5 Å². The van der Waals surface area contributed by atoms with E-state index in [1.54, 1.807) is 15.9 Å². The zero-order valence-electron chi connectivity index (χ0n) is 17.7. The summed E-state index contributed by atoms with van der Waals surface area (Å²) in [4.78, 5) is 37.3. The monoisotopic (exact) mass is 462 g/mol. The van der Waals surface area contributed by atoms with E-state index in [0.717, 1.165) is 18.4 Å². The quantitative estimate of drug-likeness (QED) is 0.611. The molecule has 4 rings (SSSR count). The van der Waals surface area contributed by atoms with Crippen molar-refractivity contribution < 1.29 is 14.3 Å². The Morgan fingerprint density at radius 1 is 1.29 bits per heavy atom. The predicted octanol–water partition coefficient (Wildman–Crippen LogP) is 4.81. The fourth-order valence-corrected chi connectivity index (χ4v) is 4.38. The maximum absolute atomic E-state index is 13.1. The first kappa shape index (κ1) is 21.8. The second-order valence-corrected chi connectivity index (χ2v) is 9.61. The molecule has 1 aromatic carbocycles. The summed E-state index contributed by atoms with van der Waals surface area (Å²) in [6, 6.07) is 5.53. The number of amides is 2. The van der Waals surface area contributed by atoms with Gasteiger partial charge in [0.2, 0.25) is 5.28 Å². The average Bonchev–Trinajstić information content (AvgIpc) is 3.27. The number of nitrogens with zero attached hydrogens (tertiary/aromatic N) is 4. The predicted molar refractivity (Wildman–Crippen MR) is 118 cm³/mol. The molecule has 0 saturated carbocycles. The van der Waals surface area contributed by atoms with Crippen LogP contribution in [0.1, 0.15) is 49.5 Å². The molecule has 1 aromatic heterocycles. The summed E-state index contributed by atoms with van der Waals surface area (Å²) in [6.45, 7) is 7.18. The molecule has 31 heavy (non-hydrogen) atoms. The molecule has 1 atom stereocenters. The Labute approximate surface area is 191 Å². The molecule has 2 amide bonds. The number of likely N-dealkylation sites (tertiary alicyclic amines) is 1. The molecule has 0 bridgehead atoms. The van der Waals surface area contributed by atoms with Crippen LogP contribution in [0.2, 0.25) is 10.3 Å². The smallest absolute Gasteiger partial charge is 0.410 e. The first-order chi connectivity index (χ1) is 14.6. The summed E-state index contributed by atoms with van der Waals surface area (Å²) in [6.07, 6.45) is 2.87. The van der Waals surface area contributed by atoms with E-state index >= 15 is 0 Å². The van der Waals surface area contributed by atoms with E-state index in [-0.39, 0.29) is 23.3 Å². The van der Waals surface area contributed by atoms with Crippen LogP contribution >= 0.6 is 23.2 Å². The SMILES string of the molecule is CC(C)(C)OC(=O)N1CCCC1CN1Cc2ccc(-c3nc(Cl)ncc3Cl)cc2C1=O. The van der Waals surface area contributed by atoms with Crippen molar-refractivity contribution in [1.82, 2.24) is 19.8 Å². The van der Waals surface area contributed by atoms with E-state index in [2.05, 4.69) is 9.97 Å². The van der Waals surface area contributed by atoms with E-state index in [0.29, 0.717) is 41.5 Å². The van der Waals surface area contributed by atoms with Gasteiger partial charge in [0.1, 0.15) is 5.60 Å². The highest BCUT2D eigenvalue weighted by molar-refractivity contribution is 6.33. The molecule has 9 heteroatoms. The Bertz CT molecular complexity index is 1040. The molecule has 0 radical (unpaired) electrons. The Hall–Kier alpha value is -2.38. The van der Waals surface area contributed by atoms with Gasteiger partial charge in [-0.1, -0.05) is 23.7 Å². The lowest BCUT2D eigenvalue weighted by Gasteiger charge is -2.30. The first-order valence-electron chi connectivity index (χ1n) is 10.2. The number of halogens is 2. The number of carbonyl (C=O) groups excluding carboxylic acids is 2. The van der Waals surface area contributed by atoms with Gasteiger partial charge in [0.25, 0.3) is 5.91 Å². The van der Waals surface area contributed by atoms with E-state index in [4.69, 9.17) is 27.9 Å². The van der Waals surface area contributed by atoms with E-state index < -0.39 is 5.60 Å². The summed E-state index contributed by atoms with van der Waals surface area (Å²) >= 11 is 12.1. The van der Waals surface area contributed by atoms with Crippen molar-refractivity contribution in [2.45, 2.75) is 51.8 Å². The molecule has 0 N–H and O–H groups in total. The summed E-state index contributed by atoms with van der Waals surface area (Å²) in [5.41, 5.74) is 2.20. The summed E-state index contributed by atoms with van der Waals surface area (Å²) in [5.74, 6) is -0.0656. The van der Waals surface area contributed by atoms with Gasteiger partial charge in [-0.15, -0.1) is 0 Å². The van der Waals surface area contributed by atoms with Crippen molar-refractivity contribution in [3.8, 4) is 11.3 Å². The van der Waals surface area contributed by atoms with Crippen molar-refractivity contribution in [2.75, 3.05) is 13.1 Å². The topological polar surface area (TPSA) is 75.6 Å². The lowest BCUT2D eigenvalue weighted by Crippen LogP contribution is -2.45. The minimum Gasteiger partial charge on any atom is -0.444 e. The zero-order chi connectivity index (χ0) is 22.3. The largest absolute Gasteiger partial charge is 0.444 e. The fourth-order valence-electron chi connectivity index (χ4n) is 4.04. The summed E-state index contributed by atoms with van der Waals surface area (Å²) in [5, 5.41) is 0.460. The summed E-state index contributed by atoms with van der Waals surface area (Å²) < 4.78 is 5.54. The van der Waals surface area contributed by atoms with Crippen LogP contribution in [-0.2, 0) is 11.3 Å². The van der Waals surface area contributed by atoms with Crippen molar-refractivity contribution in [2.24, 2.45) is 0 Å².